The summed E-state index contributed by atoms with van der Waals surface area (Å²) in [6, 6.07) is 12.5. The van der Waals surface area contributed by atoms with Gasteiger partial charge in [-0.25, -0.2) is 0 Å². The molecule has 0 saturated carbocycles. The van der Waals surface area contributed by atoms with Gasteiger partial charge in [0.2, 0.25) is 0 Å². The first-order chi connectivity index (χ1) is 6.95. The average molecular weight is 182 g/mol. The van der Waals surface area contributed by atoms with Crippen LogP contribution in [0.5, 0.6) is 0 Å². The van der Waals surface area contributed by atoms with Crippen LogP contribution in [0.25, 0.3) is 11.1 Å². The lowest BCUT2D eigenvalue weighted by atomic mass is 9.99. The zero-order chi connectivity index (χ0) is 9.38. The number of benzene rings is 1. The number of rotatable bonds is 0. The summed E-state index contributed by atoms with van der Waals surface area (Å²) >= 11 is 0. The lowest BCUT2D eigenvalue weighted by Crippen LogP contribution is -2.09. The molecule has 0 aliphatic carbocycles. The third kappa shape index (κ3) is 1.01. The van der Waals surface area contributed by atoms with Crippen LogP contribution >= 0.6 is 0 Å². The summed E-state index contributed by atoms with van der Waals surface area (Å²) in [4.78, 5) is 4.36. The minimum atomic E-state index is 0.827. The van der Waals surface area contributed by atoms with Crippen LogP contribution in [-0.4, -0.2) is 4.98 Å². The number of nitrogens with zero attached hydrogens (tertiary/aromatic N) is 1. The van der Waals surface area contributed by atoms with Crippen LogP contribution in [0, 0.1) is 0 Å². The zero-order valence-corrected chi connectivity index (χ0v) is 7.70. The molecule has 1 aliphatic rings. The maximum Gasteiger partial charge on any atom is 0.0673 e. The molecular weight excluding hydrogens is 172 g/mol. The Balaban J connectivity index is 2.29. The maximum atomic E-state index is 4.36. The quantitative estimate of drug-likeness (QED) is 0.677. The molecule has 1 aliphatic heterocycles. The van der Waals surface area contributed by atoms with Crippen molar-refractivity contribution in [1.29, 1.82) is 0 Å². The Kier molecular flexibility index (Phi) is 1.53. The second-order valence-electron chi connectivity index (χ2n) is 3.40. The van der Waals surface area contributed by atoms with Gasteiger partial charge >= 0.3 is 0 Å². The molecule has 0 saturated heterocycles. The van der Waals surface area contributed by atoms with Crippen molar-refractivity contribution in [2.24, 2.45) is 0 Å². The molecule has 1 N–H and O–H groups in total. The van der Waals surface area contributed by atoms with Gasteiger partial charge in [0, 0.05) is 23.0 Å². The van der Waals surface area contributed by atoms with E-state index in [1.807, 2.05) is 18.3 Å². The molecule has 2 nitrogen and oxygen atoms in total. The SMILES string of the molecule is c1ccc2c(c1)NCc1ncccc1-2. The topological polar surface area (TPSA) is 24.9 Å². The fraction of sp³-hybridized carbons (Fsp3) is 0.0833. The minimum absolute atomic E-state index is 0.827. The number of anilines is 1. The second-order valence-corrected chi connectivity index (χ2v) is 3.40. The van der Waals surface area contributed by atoms with E-state index in [1.165, 1.54) is 16.8 Å². The van der Waals surface area contributed by atoms with Gasteiger partial charge in [0.05, 0.1) is 12.2 Å². The predicted molar refractivity (Wildman–Crippen MR) is 57.0 cm³/mol. The van der Waals surface area contributed by atoms with Gasteiger partial charge in [0.1, 0.15) is 0 Å². The van der Waals surface area contributed by atoms with Crippen molar-refractivity contribution >= 4 is 5.69 Å². The predicted octanol–water partition coefficient (Wildman–Crippen LogP) is 2.67. The number of para-hydroxylation sites is 1. The summed E-state index contributed by atoms with van der Waals surface area (Å²) in [6.07, 6.45) is 1.84. The van der Waals surface area contributed by atoms with Gasteiger partial charge in [0.25, 0.3) is 0 Å². The van der Waals surface area contributed by atoms with Gasteiger partial charge in [0.15, 0.2) is 0 Å². The molecule has 0 bridgehead atoms. The normalized spacial score (nSPS) is 12.6. The highest BCUT2D eigenvalue weighted by atomic mass is 14.9. The smallest absolute Gasteiger partial charge is 0.0673 e. The standard InChI is InChI=1S/C12H10N2/c1-2-6-11-9(4-1)10-5-3-7-13-12(10)8-14-11/h1-7,14H,8H2. The van der Waals surface area contributed by atoms with E-state index in [1.54, 1.807) is 0 Å². The van der Waals surface area contributed by atoms with Crippen molar-refractivity contribution in [3.8, 4) is 11.1 Å². The highest BCUT2D eigenvalue weighted by molar-refractivity contribution is 5.81. The van der Waals surface area contributed by atoms with Gasteiger partial charge in [-0.1, -0.05) is 24.3 Å². The molecule has 0 spiro atoms. The summed E-state index contributed by atoms with van der Waals surface area (Å²) in [5.74, 6) is 0. The Morgan fingerprint density at radius 3 is 2.86 bits per heavy atom. The lowest BCUT2D eigenvalue weighted by molar-refractivity contribution is 1.03. The van der Waals surface area contributed by atoms with Crippen molar-refractivity contribution in [2.75, 3.05) is 5.32 Å². The Morgan fingerprint density at radius 1 is 1.00 bits per heavy atom. The molecule has 0 unspecified atom stereocenters. The first-order valence-corrected chi connectivity index (χ1v) is 4.72. The van der Waals surface area contributed by atoms with Crippen LogP contribution in [-0.2, 0) is 6.54 Å². The van der Waals surface area contributed by atoms with Gasteiger partial charge < -0.3 is 5.32 Å². The zero-order valence-electron chi connectivity index (χ0n) is 7.70. The van der Waals surface area contributed by atoms with Crippen LogP contribution in [0.3, 0.4) is 0 Å². The molecule has 1 aromatic carbocycles. The summed E-state index contributed by atoms with van der Waals surface area (Å²) in [5, 5.41) is 3.36. The van der Waals surface area contributed by atoms with Crippen LogP contribution in [0.15, 0.2) is 42.6 Å². The van der Waals surface area contributed by atoms with E-state index in [-0.39, 0.29) is 0 Å². The molecule has 2 heterocycles. The van der Waals surface area contributed by atoms with Crippen LogP contribution in [0.4, 0.5) is 5.69 Å². The fourth-order valence-corrected chi connectivity index (χ4v) is 1.88. The molecule has 3 rings (SSSR count). The van der Waals surface area contributed by atoms with E-state index in [0.717, 1.165) is 12.2 Å². The molecule has 2 aromatic rings. The van der Waals surface area contributed by atoms with Crippen molar-refractivity contribution in [3.05, 3.63) is 48.3 Å². The van der Waals surface area contributed by atoms with Gasteiger partial charge in [-0.2, -0.15) is 0 Å². The fourth-order valence-electron chi connectivity index (χ4n) is 1.88. The summed E-state index contributed by atoms with van der Waals surface area (Å²) in [7, 11) is 0. The van der Waals surface area contributed by atoms with E-state index in [0.29, 0.717) is 0 Å². The van der Waals surface area contributed by atoms with Crippen LogP contribution in [0.2, 0.25) is 0 Å². The third-order valence-corrected chi connectivity index (χ3v) is 2.55. The Bertz CT molecular complexity index is 432. The highest BCUT2D eigenvalue weighted by Gasteiger charge is 2.14. The monoisotopic (exact) mass is 182 g/mol. The largest absolute Gasteiger partial charge is 0.379 e. The van der Waals surface area contributed by atoms with Crippen molar-refractivity contribution in [1.82, 2.24) is 4.98 Å². The molecule has 0 atom stereocenters. The van der Waals surface area contributed by atoms with Gasteiger partial charge in [-0.3, -0.25) is 4.98 Å². The van der Waals surface area contributed by atoms with Gasteiger partial charge in [-0.15, -0.1) is 0 Å². The molecule has 0 fully saturated rings. The maximum absolute atomic E-state index is 4.36. The van der Waals surface area contributed by atoms with Crippen LogP contribution in [0.1, 0.15) is 5.69 Å². The number of pyridine rings is 1. The second kappa shape index (κ2) is 2.84. The Hall–Kier alpha value is -1.83. The molecule has 0 amide bonds. The van der Waals surface area contributed by atoms with E-state index in [2.05, 4.69) is 34.6 Å². The molecule has 1 aromatic heterocycles. The average Bonchev–Trinajstić information content (AvgIpc) is 2.29. The molecule has 2 heteroatoms. The van der Waals surface area contributed by atoms with E-state index >= 15 is 0 Å². The van der Waals surface area contributed by atoms with Crippen molar-refractivity contribution < 1.29 is 0 Å². The molecule has 68 valence electrons. The van der Waals surface area contributed by atoms with Crippen molar-refractivity contribution in [2.45, 2.75) is 6.54 Å². The number of aromatic nitrogens is 1. The number of hydrogen-bond acceptors (Lipinski definition) is 2. The summed E-state index contributed by atoms with van der Waals surface area (Å²) in [5.41, 5.74) is 4.84. The Labute approximate surface area is 82.6 Å². The first-order valence-electron chi connectivity index (χ1n) is 4.72. The van der Waals surface area contributed by atoms with E-state index in [4.69, 9.17) is 0 Å². The summed E-state index contributed by atoms with van der Waals surface area (Å²) in [6.45, 7) is 0.827. The highest BCUT2D eigenvalue weighted by Crippen LogP contribution is 2.33. The van der Waals surface area contributed by atoms with E-state index in [9.17, 15) is 0 Å². The van der Waals surface area contributed by atoms with Crippen LogP contribution < -0.4 is 5.32 Å². The third-order valence-electron chi connectivity index (χ3n) is 2.55. The van der Waals surface area contributed by atoms with E-state index < -0.39 is 0 Å². The first kappa shape index (κ1) is 7.56. The van der Waals surface area contributed by atoms with Crippen molar-refractivity contribution in [3.63, 3.8) is 0 Å². The molecular formula is C12H10N2. The molecule has 14 heavy (non-hydrogen) atoms. The Morgan fingerprint density at radius 2 is 1.86 bits per heavy atom. The van der Waals surface area contributed by atoms with Gasteiger partial charge in [-0.05, 0) is 12.1 Å². The number of fused-ring (bicyclic) bond motifs is 3. The summed E-state index contributed by atoms with van der Waals surface area (Å²) < 4.78 is 0. The number of nitrogens with one attached hydrogen (secondary N) is 1. The lowest BCUT2D eigenvalue weighted by Gasteiger charge is -2.19. The minimum Gasteiger partial charge on any atom is -0.379 e. The number of hydrogen-bond donors (Lipinski definition) is 1. The molecule has 0 radical (unpaired) electrons.